The fraction of sp³-hybridized carbons (Fsp3) is 0.304. The van der Waals surface area contributed by atoms with Crippen molar-refractivity contribution in [2.75, 3.05) is 6.54 Å². The van der Waals surface area contributed by atoms with Gasteiger partial charge in [-0.25, -0.2) is 9.40 Å². The van der Waals surface area contributed by atoms with Crippen molar-refractivity contribution < 1.29 is 28.5 Å². The number of hydrogen-bond donors (Lipinski definition) is 0. The third-order valence-electron chi connectivity index (χ3n) is 6.15. The number of para-hydroxylation sites is 1. The highest BCUT2D eigenvalue weighted by molar-refractivity contribution is 9.12. The van der Waals surface area contributed by atoms with Crippen molar-refractivity contribution in [1.29, 1.82) is 0 Å². The van der Waals surface area contributed by atoms with Crippen molar-refractivity contribution in [2.24, 2.45) is 11.8 Å². The second kappa shape index (κ2) is 9.94. The molecular formula is C23H18Br2FN3O6. The van der Waals surface area contributed by atoms with Gasteiger partial charge in [0.1, 0.15) is 17.9 Å². The number of halogens is 3. The molecule has 4 rings (SSSR count). The minimum Gasteiger partial charge on any atom is -0.292 e. The number of nitro benzene ring substituents is 1. The number of carbonyl (C=O) groups excluding carboxylic acids is 4. The van der Waals surface area contributed by atoms with Gasteiger partial charge in [-0.1, -0.05) is 44.0 Å². The number of ketones is 1. The van der Waals surface area contributed by atoms with Crippen LogP contribution in [-0.4, -0.2) is 54.6 Å². The molecule has 1 aliphatic heterocycles. The van der Waals surface area contributed by atoms with Gasteiger partial charge in [0.25, 0.3) is 23.4 Å². The summed E-state index contributed by atoms with van der Waals surface area (Å²) in [7, 11) is 0. The second-order valence-corrected chi connectivity index (χ2v) is 10.6. The van der Waals surface area contributed by atoms with Crippen molar-refractivity contribution in [1.82, 2.24) is 10.0 Å². The maximum Gasteiger partial charge on any atom is 0.282 e. The molecule has 1 saturated carbocycles. The molecule has 3 amide bonds. The van der Waals surface area contributed by atoms with E-state index in [0.29, 0.717) is 22.9 Å². The molecule has 2 fully saturated rings. The lowest BCUT2D eigenvalue weighted by atomic mass is 9.81. The molecule has 0 aromatic heterocycles. The molecule has 9 nitrogen and oxygen atoms in total. The predicted molar refractivity (Wildman–Crippen MR) is 128 cm³/mol. The van der Waals surface area contributed by atoms with E-state index in [-0.39, 0.29) is 20.8 Å². The minimum absolute atomic E-state index is 0.0457. The Morgan fingerprint density at radius 2 is 1.54 bits per heavy atom. The van der Waals surface area contributed by atoms with Gasteiger partial charge in [-0.15, -0.1) is 0 Å². The molecule has 0 unspecified atom stereocenters. The first-order chi connectivity index (χ1) is 16.6. The Kier molecular flexibility index (Phi) is 7.13. The van der Waals surface area contributed by atoms with E-state index in [0.717, 1.165) is 18.2 Å². The summed E-state index contributed by atoms with van der Waals surface area (Å²) < 4.78 is 13.3. The monoisotopic (exact) mass is 609 g/mol. The lowest BCUT2D eigenvalue weighted by Gasteiger charge is -2.30. The molecule has 1 heterocycles. The number of imide groups is 1. The smallest absolute Gasteiger partial charge is 0.282 e. The van der Waals surface area contributed by atoms with Gasteiger partial charge in [0.05, 0.1) is 16.8 Å². The summed E-state index contributed by atoms with van der Waals surface area (Å²) in [6, 6.07) is 9.63. The number of alkyl halides is 2. The molecule has 35 heavy (non-hydrogen) atoms. The number of benzene rings is 2. The van der Waals surface area contributed by atoms with E-state index in [1.807, 2.05) is 0 Å². The summed E-state index contributed by atoms with van der Waals surface area (Å²) >= 11 is 6.99. The molecule has 2 aliphatic rings. The molecule has 2 aromatic carbocycles. The van der Waals surface area contributed by atoms with E-state index in [4.69, 9.17) is 0 Å². The summed E-state index contributed by atoms with van der Waals surface area (Å²) in [5, 5.41) is 12.8. The van der Waals surface area contributed by atoms with Crippen LogP contribution in [0.15, 0.2) is 48.5 Å². The summed E-state index contributed by atoms with van der Waals surface area (Å²) in [6.45, 7) is -0.747. The SMILES string of the molecule is O=C(CN(C(=O)c1ccccc1[N+](=O)[O-])N1C(=O)[C@@H]2C[C@@H](Br)[C@@H](Br)C[C@H]2C1=O)c1ccc(F)cc1. The van der Waals surface area contributed by atoms with Gasteiger partial charge in [0, 0.05) is 21.3 Å². The standard InChI is InChI=1S/C23H18Br2FN3O6/c24-17-9-15-16(10-18(17)25)23(33)28(22(15)32)27(11-20(30)12-5-7-13(26)8-6-12)21(31)14-3-1-2-4-19(14)29(34)35/h1-8,15-18H,9-11H2/t15-,16-,17-,18+/m1/s1. The normalized spacial score (nSPS) is 23.7. The Hall–Kier alpha value is -2.99. The van der Waals surface area contributed by atoms with Crippen LogP contribution >= 0.6 is 31.9 Å². The lowest BCUT2D eigenvalue weighted by Crippen LogP contribution is -2.52. The number of hydrogen-bond acceptors (Lipinski definition) is 6. The van der Waals surface area contributed by atoms with Gasteiger partial charge < -0.3 is 0 Å². The zero-order valence-electron chi connectivity index (χ0n) is 18.0. The molecule has 12 heteroatoms. The molecule has 4 atom stereocenters. The quantitative estimate of drug-likeness (QED) is 0.161. The van der Waals surface area contributed by atoms with Crippen LogP contribution < -0.4 is 0 Å². The molecule has 0 radical (unpaired) electrons. The van der Waals surface area contributed by atoms with Crippen LogP contribution in [0.3, 0.4) is 0 Å². The van der Waals surface area contributed by atoms with Crippen molar-refractivity contribution in [3.63, 3.8) is 0 Å². The maximum atomic E-state index is 13.5. The zero-order chi connectivity index (χ0) is 25.4. The number of fused-ring (bicyclic) bond motifs is 1. The number of nitrogens with zero attached hydrogens (tertiary/aromatic N) is 3. The molecule has 1 aliphatic carbocycles. The van der Waals surface area contributed by atoms with E-state index in [1.165, 1.54) is 30.3 Å². The van der Waals surface area contributed by atoms with Crippen molar-refractivity contribution in [2.45, 2.75) is 22.5 Å². The molecule has 1 saturated heterocycles. The van der Waals surface area contributed by atoms with Gasteiger partial charge >= 0.3 is 0 Å². The van der Waals surface area contributed by atoms with Gasteiger partial charge in [-0.3, -0.25) is 29.3 Å². The van der Waals surface area contributed by atoms with Gasteiger partial charge in [-0.2, -0.15) is 5.01 Å². The topological polar surface area (TPSA) is 118 Å². The van der Waals surface area contributed by atoms with E-state index in [9.17, 15) is 33.7 Å². The summed E-state index contributed by atoms with van der Waals surface area (Å²) in [6.07, 6.45) is 0.669. The van der Waals surface area contributed by atoms with Crippen LogP contribution in [0.25, 0.3) is 0 Å². The Bertz CT molecular complexity index is 1200. The van der Waals surface area contributed by atoms with Crippen LogP contribution in [0.5, 0.6) is 0 Å². The summed E-state index contributed by atoms with van der Waals surface area (Å²) in [4.78, 5) is 63.8. The molecule has 2 aromatic rings. The van der Waals surface area contributed by atoms with E-state index in [2.05, 4.69) is 31.9 Å². The third-order valence-corrected chi connectivity index (χ3v) is 8.89. The first kappa shape index (κ1) is 25.1. The lowest BCUT2D eigenvalue weighted by molar-refractivity contribution is -0.385. The summed E-state index contributed by atoms with van der Waals surface area (Å²) in [5.74, 6) is -5.00. The Labute approximate surface area is 215 Å². The van der Waals surface area contributed by atoms with E-state index >= 15 is 0 Å². The number of hydrazine groups is 1. The molecular weight excluding hydrogens is 593 g/mol. The first-order valence-corrected chi connectivity index (χ1v) is 12.4. The average Bonchev–Trinajstić information content (AvgIpc) is 3.06. The number of amides is 3. The Morgan fingerprint density at radius 3 is 2.09 bits per heavy atom. The van der Waals surface area contributed by atoms with Crippen LogP contribution in [0.4, 0.5) is 10.1 Å². The van der Waals surface area contributed by atoms with Crippen molar-refractivity contribution in [3.8, 4) is 0 Å². The highest BCUT2D eigenvalue weighted by Crippen LogP contribution is 2.43. The fourth-order valence-corrected chi connectivity index (χ4v) is 5.60. The van der Waals surface area contributed by atoms with Gasteiger partial charge in [-0.05, 0) is 43.2 Å². The van der Waals surface area contributed by atoms with Crippen LogP contribution in [0.1, 0.15) is 33.6 Å². The van der Waals surface area contributed by atoms with Gasteiger partial charge in [0.2, 0.25) is 0 Å². The Balaban J connectivity index is 1.74. The summed E-state index contributed by atoms with van der Waals surface area (Å²) in [5.41, 5.74) is -0.866. The molecule has 182 valence electrons. The number of rotatable bonds is 6. The van der Waals surface area contributed by atoms with E-state index in [1.54, 1.807) is 0 Å². The molecule has 0 spiro atoms. The molecule has 0 bridgehead atoms. The minimum atomic E-state index is -1.04. The first-order valence-electron chi connectivity index (χ1n) is 10.6. The number of carbonyl (C=O) groups is 4. The Morgan fingerprint density at radius 1 is 1.00 bits per heavy atom. The van der Waals surface area contributed by atoms with Crippen LogP contribution in [0.2, 0.25) is 0 Å². The average molecular weight is 611 g/mol. The highest BCUT2D eigenvalue weighted by atomic mass is 79.9. The van der Waals surface area contributed by atoms with Gasteiger partial charge in [0.15, 0.2) is 5.78 Å². The number of nitro groups is 1. The van der Waals surface area contributed by atoms with Crippen LogP contribution in [0, 0.1) is 27.8 Å². The van der Waals surface area contributed by atoms with Crippen LogP contribution in [-0.2, 0) is 9.59 Å². The largest absolute Gasteiger partial charge is 0.292 e. The maximum absolute atomic E-state index is 13.5. The van der Waals surface area contributed by atoms with Crippen molar-refractivity contribution in [3.05, 3.63) is 75.6 Å². The fourth-order valence-electron chi connectivity index (χ4n) is 4.36. The second-order valence-electron chi connectivity index (χ2n) is 8.27. The third kappa shape index (κ3) is 4.76. The molecule has 0 N–H and O–H groups in total. The predicted octanol–water partition coefficient (Wildman–Crippen LogP) is 3.90. The highest BCUT2D eigenvalue weighted by Gasteiger charge is 2.55. The van der Waals surface area contributed by atoms with E-state index < -0.39 is 58.3 Å². The van der Waals surface area contributed by atoms with Crippen molar-refractivity contribution >= 4 is 61.1 Å². The number of Topliss-reactive ketones (excluding diaryl/α,β-unsaturated/α-hetero) is 1. The zero-order valence-corrected chi connectivity index (χ0v) is 21.1.